The van der Waals surface area contributed by atoms with Crippen LogP contribution in [0.2, 0.25) is 0 Å². The van der Waals surface area contributed by atoms with E-state index in [-0.39, 0.29) is 10.6 Å². The number of rotatable bonds is 6. The van der Waals surface area contributed by atoms with E-state index in [0.29, 0.717) is 11.3 Å². The van der Waals surface area contributed by atoms with Crippen molar-refractivity contribution >= 4 is 22.5 Å². The normalized spacial score (nSPS) is 10.9. The molecule has 5 nitrogen and oxygen atoms in total. The van der Waals surface area contributed by atoms with Gasteiger partial charge in [0.15, 0.2) is 0 Å². The number of hydrogen-bond donors (Lipinski definition) is 1. The highest BCUT2D eigenvalue weighted by Gasteiger charge is 2.15. The first-order valence-electron chi connectivity index (χ1n) is 6.38. The summed E-state index contributed by atoms with van der Waals surface area (Å²) in [6, 6.07) is 6.75. The Morgan fingerprint density at radius 2 is 2.14 bits per heavy atom. The molecule has 0 aliphatic carbocycles. The first kappa shape index (κ1) is 17.0. The smallest absolute Gasteiger partial charge is 0.273 e. The highest BCUT2D eigenvalue weighted by Crippen LogP contribution is 2.25. The van der Waals surface area contributed by atoms with Crippen LogP contribution in [0, 0.1) is 10.1 Å². The van der Waals surface area contributed by atoms with Crippen LogP contribution in [0.5, 0.6) is 0 Å². The molecule has 6 heteroatoms. The Hall–Kier alpha value is -2.08. The zero-order chi connectivity index (χ0) is 15.8. The molecule has 0 aliphatic rings. The molecular formula is C15H19N3O2S. The van der Waals surface area contributed by atoms with Crippen molar-refractivity contribution in [2.24, 2.45) is 4.99 Å². The molecule has 0 unspecified atom stereocenters. The van der Waals surface area contributed by atoms with Gasteiger partial charge in [0.25, 0.3) is 5.69 Å². The molecule has 1 aromatic carbocycles. The number of thioether (sulfide) groups is 1. The first-order valence-corrected chi connectivity index (χ1v) is 7.37. The maximum Gasteiger partial charge on any atom is 0.273 e. The van der Waals surface area contributed by atoms with Gasteiger partial charge in [0.05, 0.1) is 10.6 Å². The van der Waals surface area contributed by atoms with Gasteiger partial charge in [0.1, 0.15) is 5.04 Å². The van der Waals surface area contributed by atoms with E-state index in [2.05, 4.69) is 16.9 Å². The number of aliphatic imine (C=N–C) groups is 1. The Labute approximate surface area is 129 Å². The number of allylic oxidation sites excluding steroid dienone is 1. The van der Waals surface area contributed by atoms with E-state index in [9.17, 15) is 10.1 Å². The summed E-state index contributed by atoms with van der Waals surface area (Å²) in [5, 5.41) is 14.9. The molecule has 0 bridgehead atoms. The fraction of sp³-hybridized carbons (Fsp3) is 0.267. The maximum absolute atomic E-state index is 11.0. The Bertz CT molecular complexity index is 590. The highest BCUT2D eigenvalue weighted by atomic mass is 32.2. The van der Waals surface area contributed by atoms with E-state index in [1.807, 2.05) is 13.8 Å². The molecule has 21 heavy (non-hydrogen) atoms. The van der Waals surface area contributed by atoms with Crippen LogP contribution in [0.4, 0.5) is 5.69 Å². The topological polar surface area (TPSA) is 67.5 Å². The van der Waals surface area contributed by atoms with Gasteiger partial charge in [0, 0.05) is 24.4 Å². The predicted octanol–water partition coefficient (Wildman–Crippen LogP) is 3.88. The van der Waals surface area contributed by atoms with Gasteiger partial charge < -0.3 is 5.32 Å². The lowest BCUT2D eigenvalue weighted by molar-refractivity contribution is -0.385. The molecule has 0 atom stereocenters. The molecule has 0 saturated heterocycles. The third-order valence-electron chi connectivity index (χ3n) is 2.72. The second-order valence-corrected chi connectivity index (χ2v) is 5.39. The number of para-hydroxylation sites is 1. The van der Waals surface area contributed by atoms with Gasteiger partial charge in [-0.3, -0.25) is 15.1 Å². The van der Waals surface area contributed by atoms with E-state index in [1.54, 1.807) is 31.4 Å². The van der Waals surface area contributed by atoms with E-state index in [0.717, 1.165) is 16.3 Å². The second kappa shape index (κ2) is 8.26. The van der Waals surface area contributed by atoms with Crippen LogP contribution in [-0.4, -0.2) is 17.0 Å². The van der Waals surface area contributed by atoms with Gasteiger partial charge in [-0.15, -0.1) is 0 Å². The molecule has 0 amide bonds. The van der Waals surface area contributed by atoms with Crippen LogP contribution < -0.4 is 5.32 Å². The molecule has 0 aliphatic heterocycles. The maximum atomic E-state index is 11.0. The van der Waals surface area contributed by atoms with E-state index < -0.39 is 0 Å². The average molecular weight is 305 g/mol. The van der Waals surface area contributed by atoms with Crippen molar-refractivity contribution in [3.63, 3.8) is 0 Å². The van der Waals surface area contributed by atoms with Crippen molar-refractivity contribution in [3.8, 4) is 0 Å². The SMILES string of the molecule is C=CNC(C(=NC)SCc1ccccc1[N+](=O)[O-])=C(C)C. The molecule has 112 valence electrons. The fourth-order valence-corrected chi connectivity index (χ4v) is 2.80. The zero-order valence-corrected chi connectivity index (χ0v) is 13.2. The van der Waals surface area contributed by atoms with Crippen LogP contribution in [0.25, 0.3) is 0 Å². The van der Waals surface area contributed by atoms with Crippen LogP contribution in [0.3, 0.4) is 0 Å². The van der Waals surface area contributed by atoms with E-state index >= 15 is 0 Å². The van der Waals surface area contributed by atoms with Crippen molar-refractivity contribution in [2.45, 2.75) is 19.6 Å². The van der Waals surface area contributed by atoms with Crippen molar-refractivity contribution in [2.75, 3.05) is 7.05 Å². The number of nitrogens with zero attached hydrogens (tertiary/aromatic N) is 2. The summed E-state index contributed by atoms with van der Waals surface area (Å²) < 4.78 is 0. The quantitative estimate of drug-likeness (QED) is 0.375. The molecule has 0 spiro atoms. The summed E-state index contributed by atoms with van der Waals surface area (Å²) in [5.74, 6) is 0.486. The lowest BCUT2D eigenvalue weighted by Crippen LogP contribution is -2.14. The van der Waals surface area contributed by atoms with E-state index in [4.69, 9.17) is 0 Å². The number of benzene rings is 1. The van der Waals surface area contributed by atoms with Crippen molar-refractivity contribution < 1.29 is 4.92 Å². The lowest BCUT2D eigenvalue weighted by atomic mass is 10.2. The molecule has 0 radical (unpaired) electrons. The minimum Gasteiger partial charge on any atom is -0.360 e. The third-order valence-corrected chi connectivity index (χ3v) is 3.83. The fourth-order valence-electron chi connectivity index (χ4n) is 1.73. The summed E-state index contributed by atoms with van der Waals surface area (Å²) in [6.07, 6.45) is 1.60. The highest BCUT2D eigenvalue weighted by molar-refractivity contribution is 8.13. The summed E-state index contributed by atoms with van der Waals surface area (Å²) in [4.78, 5) is 14.9. The molecule has 0 fully saturated rings. The monoisotopic (exact) mass is 305 g/mol. The second-order valence-electron chi connectivity index (χ2n) is 4.43. The molecule has 1 rings (SSSR count). The predicted molar refractivity (Wildman–Crippen MR) is 89.5 cm³/mol. The first-order chi connectivity index (χ1) is 10.0. The minimum absolute atomic E-state index is 0.135. The molecule has 0 heterocycles. The standard InChI is InChI=1S/C15H19N3O2S/c1-5-17-14(11(2)3)15(16-4)21-10-12-8-6-7-9-13(12)18(19)20/h5-9,17H,1,10H2,2-4H3. The van der Waals surface area contributed by atoms with Gasteiger partial charge in [-0.1, -0.05) is 42.1 Å². The van der Waals surface area contributed by atoms with Crippen molar-refractivity contribution in [1.82, 2.24) is 5.32 Å². The summed E-state index contributed by atoms with van der Waals surface area (Å²) in [7, 11) is 1.70. The molecule has 0 aromatic heterocycles. The van der Waals surface area contributed by atoms with Crippen molar-refractivity contribution in [1.29, 1.82) is 0 Å². The van der Waals surface area contributed by atoms with Gasteiger partial charge in [-0.25, -0.2) is 0 Å². The largest absolute Gasteiger partial charge is 0.360 e. The van der Waals surface area contributed by atoms with Crippen LogP contribution in [0.1, 0.15) is 19.4 Å². The summed E-state index contributed by atoms with van der Waals surface area (Å²) in [6.45, 7) is 7.61. The van der Waals surface area contributed by atoms with Crippen LogP contribution >= 0.6 is 11.8 Å². The average Bonchev–Trinajstić information content (AvgIpc) is 2.46. The molecular weight excluding hydrogens is 286 g/mol. The van der Waals surface area contributed by atoms with Crippen LogP contribution in [0.15, 0.2) is 53.3 Å². The van der Waals surface area contributed by atoms with Gasteiger partial charge in [-0.05, 0) is 20.0 Å². The minimum atomic E-state index is -0.359. The van der Waals surface area contributed by atoms with E-state index in [1.165, 1.54) is 17.8 Å². The van der Waals surface area contributed by atoms with Gasteiger partial charge >= 0.3 is 0 Å². The Morgan fingerprint density at radius 3 is 2.67 bits per heavy atom. The third kappa shape index (κ3) is 4.75. The lowest BCUT2D eigenvalue weighted by Gasteiger charge is -2.12. The Balaban J connectivity index is 2.94. The van der Waals surface area contributed by atoms with Gasteiger partial charge in [0.2, 0.25) is 0 Å². The number of nitro benzene ring substituents is 1. The summed E-state index contributed by atoms with van der Waals surface area (Å²) in [5.41, 5.74) is 2.78. The Morgan fingerprint density at radius 1 is 1.48 bits per heavy atom. The molecule has 1 N–H and O–H groups in total. The number of hydrogen-bond acceptors (Lipinski definition) is 5. The summed E-state index contributed by atoms with van der Waals surface area (Å²) >= 11 is 1.46. The van der Waals surface area contributed by atoms with Crippen molar-refractivity contribution in [3.05, 3.63) is 64.0 Å². The zero-order valence-electron chi connectivity index (χ0n) is 12.4. The number of nitrogens with one attached hydrogen (secondary N) is 1. The van der Waals surface area contributed by atoms with Crippen LogP contribution in [-0.2, 0) is 5.75 Å². The number of nitro groups is 1. The van der Waals surface area contributed by atoms with Gasteiger partial charge in [-0.2, -0.15) is 0 Å². The Kier molecular flexibility index (Phi) is 6.68. The molecule has 1 aromatic rings. The molecule has 0 saturated carbocycles.